The van der Waals surface area contributed by atoms with Crippen molar-refractivity contribution in [3.8, 4) is 0 Å². The lowest BCUT2D eigenvalue weighted by Gasteiger charge is -2.13. The predicted octanol–water partition coefficient (Wildman–Crippen LogP) is 2.79. The second-order valence-corrected chi connectivity index (χ2v) is 6.23. The summed E-state index contributed by atoms with van der Waals surface area (Å²) in [7, 11) is 1.91. The molecule has 0 aromatic carbocycles. The van der Waals surface area contributed by atoms with Crippen LogP contribution in [0.25, 0.3) is 0 Å². The highest BCUT2D eigenvalue weighted by Crippen LogP contribution is 2.26. The molecule has 0 aliphatic rings. The minimum Gasteiger partial charge on any atom is -0.364 e. The van der Waals surface area contributed by atoms with Crippen LogP contribution in [-0.2, 0) is 19.0 Å². The van der Waals surface area contributed by atoms with Crippen LogP contribution in [-0.4, -0.2) is 14.8 Å². The quantitative estimate of drug-likeness (QED) is 0.911. The van der Waals surface area contributed by atoms with E-state index in [4.69, 9.17) is 0 Å². The third-order valence-corrected chi connectivity index (χ3v) is 3.78. The molecule has 0 spiro atoms. The van der Waals surface area contributed by atoms with Gasteiger partial charge >= 0.3 is 0 Å². The van der Waals surface area contributed by atoms with Crippen LogP contribution in [0.15, 0.2) is 18.5 Å². The van der Waals surface area contributed by atoms with E-state index in [0.717, 1.165) is 12.4 Å². The molecule has 0 unspecified atom stereocenters. The van der Waals surface area contributed by atoms with Crippen molar-refractivity contribution < 1.29 is 0 Å². The van der Waals surface area contributed by atoms with Crippen LogP contribution in [0.2, 0.25) is 0 Å². The summed E-state index contributed by atoms with van der Waals surface area (Å²) in [6.45, 7) is 7.33. The van der Waals surface area contributed by atoms with Gasteiger partial charge in [-0.15, -0.1) is 11.3 Å². The van der Waals surface area contributed by atoms with E-state index in [1.165, 1.54) is 9.88 Å². The van der Waals surface area contributed by atoms with Gasteiger partial charge in [0.25, 0.3) is 0 Å². The number of nitrogens with one attached hydrogen (secondary N) is 1. The van der Waals surface area contributed by atoms with Crippen molar-refractivity contribution in [1.29, 1.82) is 0 Å². The molecule has 0 bridgehead atoms. The molecule has 2 heterocycles. The van der Waals surface area contributed by atoms with E-state index in [2.05, 4.69) is 36.2 Å². The first-order chi connectivity index (χ1) is 7.95. The average Bonchev–Trinajstić information content (AvgIpc) is 2.82. The molecule has 17 heavy (non-hydrogen) atoms. The largest absolute Gasteiger partial charge is 0.364 e. The molecule has 4 nitrogen and oxygen atoms in total. The monoisotopic (exact) mass is 250 g/mol. The van der Waals surface area contributed by atoms with Gasteiger partial charge in [0.1, 0.15) is 5.82 Å². The standard InChI is InChI=1S/C12H18N4S/c1-12(2,3)11-14-8-9(17-11)7-13-10-5-6-16(4)15-10/h5-6,8H,7H2,1-4H3,(H,13,15). The maximum Gasteiger partial charge on any atom is 0.148 e. The highest BCUT2D eigenvalue weighted by Gasteiger charge is 2.17. The van der Waals surface area contributed by atoms with E-state index in [-0.39, 0.29) is 5.41 Å². The fraction of sp³-hybridized carbons (Fsp3) is 0.500. The lowest BCUT2D eigenvalue weighted by molar-refractivity contribution is 0.585. The average molecular weight is 250 g/mol. The molecule has 0 saturated carbocycles. The molecular formula is C12H18N4S. The van der Waals surface area contributed by atoms with E-state index in [1.54, 1.807) is 16.0 Å². The Morgan fingerprint density at radius 1 is 1.41 bits per heavy atom. The van der Waals surface area contributed by atoms with E-state index in [1.807, 2.05) is 25.5 Å². The Hall–Kier alpha value is -1.36. The van der Waals surface area contributed by atoms with Crippen LogP contribution < -0.4 is 5.32 Å². The Labute approximate surface area is 106 Å². The molecule has 92 valence electrons. The summed E-state index contributed by atoms with van der Waals surface area (Å²) in [4.78, 5) is 5.69. The van der Waals surface area contributed by atoms with Crippen LogP contribution in [0.5, 0.6) is 0 Å². The van der Waals surface area contributed by atoms with Gasteiger partial charge in [0, 0.05) is 35.8 Å². The molecule has 0 amide bonds. The Morgan fingerprint density at radius 2 is 2.18 bits per heavy atom. The molecule has 1 N–H and O–H groups in total. The number of hydrogen-bond donors (Lipinski definition) is 1. The molecule has 2 rings (SSSR count). The lowest BCUT2D eigenvalue weighted by atomic mass is 9.98. The summed E-state index contributed by atoms with van der Waals surface area (Å²) in [5, 5.41) is 8.73. The van der Waals surface area contributed by atoms with Gasteiger partial charge in [0.05, 0.1) is 11.6 Å². The van der Waals surface area contributed by atoms with Crippen LogP contribution in [0, 0.1) is 0 Å². The topological polar surface area (TPSA) is 42.7 Å². The van der Waals surface area contributed by atoms with Crippen LogP contribution in [0.1, 0.15) is 30.7 Å². The smallest absolute Gasteiger partial charge is 0.148 e. The molecular weight excluding hydrogens is 232 g/mol. The molecule has 2 aromatic rings. The third-order valence-electron chi connectivity index (χ3n) is 2.35. The minimum absolute atomic E-state index is 0.133. The number of aromatic nitrogens is 3. The van der Waals surface area contributed by atoms with Gasteiger partial charge in [0.15, 0.2) is 0 Å². The van der Waals surface area contributed by atoms with Crippen molar-refractivity contribution in [3.63, 3.8) is 0 Å². The number of hydrogen-bond acceptors (Lipinski definition) is 4. The predicted molar refractivity (Wildman–Crippen MR) is 71.3 cm³/mol. The summed E-state index contributed by atoms with van der Waals surface area (Å²) < 4.78 is 1.79. The van der Waals surface area contributed by atoms with E-state index in [9.17, 15) is 0 Å². The van der Waals surface area contributed by atoms with Gasteiger partial charge in [0.2, 0.25) is 0 Å². The van der Waals surface area contributed by atoms with Crippen LogP contribution in [0.4, 0.5) is 5.82 Å². The Morgan fingerprint density at radius 3 is 2.71 bits per heavy atom. The second-order valence-electron chi connectivity index (χ2n) is 5.11. The third kappa shape index (κ3) is 3.06. The highest BCUT2D eigenvalue weighted by atomic mass is 32.1. The maximum absolute atomic E-state index is 4.46. The lowest BCUT2D eigenvalue weighted by Crippen LogP contribution is -2.09. The normalized spacial score (nSPS) is 11.8. The van der Waals surface area contributed by atoms with Crippen molar-refractivity contribution in [2.75, 3.05) is 5.32 Å². The van der Waals surface area contributed by atoms with Gasteiger partial charge in [-0.05, 0) is 0 Å². The van der Waals surface area contributed by atoms with E-state index < -0.39 is 0 Å². The summed E-state index contributed by atoms with van der Waals surface area (Å²) in [5.74, 6) is 0.901. The zero-order chi connectivity index (χ0) is 12.5. The maximum atomic E-state index is 4.46. The van der Waals surface area contributed by atoms with Gasteiger partial charge in [-0.25, -0.2) is 4.98 Å². The summed E-state index contributed by atoms with van der Waals surface area (Å²) >= 11 is 1.76. The Balaban J connectivity index is 1.98. The summed E-state index contributed by atoms with van der Waals surface area (Å²) in [6.07, 6.45) is 3.87. The molecule has 0 fully saturated rings. The molecule has 5 heteroatoms. The number of anilines is 1. The van der Waals surface area contributed by atoms with E-state index >= 15 is 0 Å². The first kappa shape index (κ1) is 12.1. The van der Waals surface area contributed by atoms with Crippen molar-refractivity contribution in [2.45, 2.75) is 32.7 Å². The number of aryl methyl sites for hydroxylation is 1. The minimum atomic E-state index is 0.133. The first-order valence-electron chi connectivity index (χ1n) is 5.64. The summed E-state index contributed by atoms with van der Waals surface area (Å²) in [5.41, 5.74) is 0.133. The van der Waals surface area contributed by atoms with Crippen molar-refractivity contribution in [1.82, 2.24) is 14.8 Å². The van der Waals surface area contributed by atoms with Gasteiger partial charge < -0.3 is 5.32 Å². The fourth-order valence-electron chi connectivity index (χ4n) is 1.42. The Kier molecular flexibility index (Phi) is 3.19. The number of nitrogens with zero attached hydrogens (tertiary/aromatic N) is 3. The second kappa shape index (κ2) is 4.49. The van der Waals surface area contributed by atoms with Gasteiger partial charge in [-0.2, -0.15) is 5.10 Å². The molecule has 0 aliphatic heterocycles. The van der Waals surface area contributed by atoms with Gasteiger partial charge in [-0.3, -0.25) is 4.68 Å². The molecule has 0 saturated heterocycles. The zero-order valence-corrected chi connectivity index (χ0v) is 11.5. The number of thiazole rings is 1. The van der Waals surface area contributed by atoms with Gasteiger partial charge in [-0.1, -0.05) is 20.8 Å². The van der Waals surface area contributed by atoms with Crippen molar-refractivity contribution in [3.05, 3.63) is 28.3 Å². The van der Waals surface area contributed by atoms with Crippen molar-refractivity contribution in [2.24, 2.45) is 7.05 Å². The molecule has 0 atom stereocenters. The highest BCUT2D eigenvalue weighted by molar-refractivity contribution is 7.11. The SMILES string of the molecule is Cn1ccc(NCc2cnc(C(C)(C)C)s2)n1. The molecule has 2 aromatic heterocycles. The first-order valence-corrected chi connectivity index (χ1v) is 6.45. The fourth-order valence-corrected chi connectivity index (χ4v) is 2.33. The van der Waals surface area contributed by atoms with Crippen LogP contribution in [0.3, 0.4) is 0 Å². The molecule has 0 aliphatic carbocycles. The van der Waals surface area contributed by atoms with Crippen LogP contribution >= 0.6 is 11.3 Å². The summed E-state index contributed by atoms with van der Waals surface area (Å²) in [6, 6.07) is 1.96. The number of rotatable bonds is 3. The van der Waals surface area contributed by atoms with Crippen molar-refractivity contribution >= 4 is 17.2 Å². The van der Waals surface area contributed by atoms with E-state index in [0.29, 0.717) is 0 Å². The Bertz CT molecular complexity index is 493. The zero-order valence-electron chi connectivity index (χ0n) is 10.7. The molecule has 0 radical (unpaired) electrons.